The van der Waals surface area contributed by atoms with E-state index < -0.39 is 60.1 Å². The van der Waals surface area contributed by atoms with Crippen molar-refractivity contribution < 1.29 is 43.7 Å². The van der Waals surface area contributed by atoms with Gasteiger partial charge in [0.1, 0.15) is 0 Å². The van der Waals surface area contributed by atoms with Crippen LogP contribution in [0, 0.1) is 23.7 Å². The molecule has 1 heterocycles. The third kappa shape index (κ3) is 13.8. The molecule has 0 radical (unpaired) electrons. The Morgan fingerprint density at radius 3 is 2.02 bits per heavy atom. The molecule has 1 aliphatic heterocycles. The number of nitrogens with one attached hydrogen (secondary N) is 2. The summed E-state index contributed by atoms with van der Waals surface area (Å²) in [6.07, 6.45) is 0.453. The first-order chi connectivity index (χ1) is 26.8. The molecule has 0 aliphatic carbocycles. The number of likely N-dealkylation sites (tertiary alicyclic amines) is 1. The van der Waals surface area contributed by atoms with E-state index in [1.807, 2.05) is 76.9 Å². The van der Waals surface area contributed by atoms with Gasteiger partial charge in [0.15, 0.2) is 0 Å². The molecular weight excluding hydrogens is 730 g/mol. The molecule has 10 atom stereocenters. The van der Waals surface area contributed by atoms with Gasteiger partial charge in [-0.3, -0.25) is 39.1 Å². The second kappa shape index (κ2) is 23.8. The van der Waals surface area contributed by atoms with E-state index in [1.165, 1.54) is 0 Å². The Hall–Kier alpha value is -3.43. The lowest BCUT2D eigenvalue weighted by Gasteiger charge is -2.43. The number of carbonyl (C=O) groups excluding carboxylic acids is 4. The zero-order valence-corrected chi connectivity index (χ0v) is 36.6. The fraction of sp³-hybridized carbons (Fsp3) is 0.744. The van der Waals surface area contributed by atoms with Crippen molar-refractivity contribution in [3.63, 3.8) is 0 Å². The van der Waals surface area contributed by atoms with E-state index in [0.717, 1.165) is 12.8 Å². The van der Waals surface area contributed by atoms with Crippen LogP contribution in [0.15, 0.2) is 30.3 Å². The standard InChI is InChI=1S/C43H73N5O9/c1-13-28(6)38(47(10)37(27(4)5)43(55)45-42(54)36(26(2)3)46(9)23-18-22-35(50)51)33(56-11)25-34(49)48-24-17-21-32(48)40(57-12)29(7)41(53)44-30(8)39(52)31-19-15-14-16-20-31/h14-16,19-20,26-30,32-33,36-40,52H,13,17-18,21-25H2,1-12H3,(H,44,53)(H,50,51)(H,45,54,55)/t28-,29+,30+,32-,33+,36-,37-,38-,39+,40+/m0/s1. The zero-order chi connectivity index (χ0) is 43.1. The Kier molecular flexibility index (Phi) is 20.8. The number of aliphatic carboxylic acids is 1. The third-order valence-electron chi connectivity index (χ3n) is 11.8. The van der Waals surface area contributed by atoms with Gasteiger partial charge in [0.25, 0.3) is 0 Å². The van der Waals surface area contributed by atoms with E-state index in [-0.39, 0.29) is 54.5 Å². The molecule has 4 N–H and O–H groups in total. The average Bonchev–Trinajstić information content (AvgIpc) is 3.63. The summed E-state index contributed by atoms with van der Waals surface area (Å²) >= 11 is 0. The molecule has 4 amide bonds. The number of benzene rings is 1. The number of aliphatic hydroxyl groups excluding tert-OH is 1. The molecule has 1 aliphatic rings. The monoisotopic (exact) mass is 804 g/mol. The highest BCUT2D eigenvalue weighted by molar-refractivity contribution is 6.00. The minimum Gasteiger partial charge on any atom is -0.481 e. The smallest absolute Gasteiger partial charge is 0.303 e. The minimum atomic E-state index is -0.903. The molecule has 1 fully saturated rings. The quantitative estimate of drug-likeness (QED) is 0.118. The number of carboxylic acids is 1. The summed E-state index contributed by atoms with van der Waals surface area (Å²) in [5, 5.41) is 25.5. The second-order valence-corrected chi connectivity index (χ2v) is 16.7. The normalized spacial score (nSPS) is 19.5. The van der Waals surface area contributed by atoms with Crippen LogP contribution in [0.2, 0.25) is 0 Å². The van der Waals surface area contributed by atoms with Crippen molar-refractivity contribution in [3.05, 3.63) is 35.9 Å². The van der Waals surface area contributed by atoms with Gasteiger partial charge in [0, 0.05) is 33.2 Å². The highest BCUT2D eigenvalue weighted by Crippen LogP contribution is 2.31. The van der Waals surface area contributed by atoms with Gasteiger partial charge in [-0.15, -0.1) is 0 Å². The molecule has 0 bridgehead atoms. The van der Waals surface area contributed by atoms with Crippen molar-refractivity contribution in [2.24, 2.45) is 23.7 Å². The lowest BCUT2D eigenvalue weighted by Crippen LogP contribution is -2.60. The van der Waals surface area contributed by atoms with E-state index in [0.29, 0.717) is 31.5 Å². The molecule has 14 nitrogen and oxygen atoms in total. The summed E-state index contributed by atoms with van der Waals surface area (Å²) in [6.45, 7) is 16.2. The number of imide groups is 1. The first-order valence-corrected chi connectivity index (χ1v) is 20.7. The molecular formula is C43H73N5O9. The van der Waals surface area contributed by atoms with E-state index in [2.05, 4.69) is 17.6 Å². The van der Waals surface area contributed by atoms with Gasteiger partial charge in [0.2, 0.25) is 23.6 Å². The Balaban J connectivity index is 2.26. The highest BCUT2D eigenvalue weighted by Gasteiger charge is 2.44. The van der Waals surface area contributed by atoms with E-state index in [4.69, 9.17) is 14.6 Å². The van der Waals surface area contributed by atoms with E-state index >= 15 is 0 Å². The van der Waals surface area contributed by atoms with Crippen LogP contribution < -0.4 is 10.6 Å². The largest absolute Gasteiger partial charge is 0.481 e. The number of amides is 4. The van der Waals surface area contributed by atoms with Crippen molar-refractivity contribution in [3.8, 4) is 0 Å². The van der Waals surface area contributed by atoms with Gasteiger partial charge in [-0.1, -0.05) is 85.2 Å². The summed E-state index contributed by atoms with van der Waals surface area (Å²) in [7, 11) is 6.72. The fourth-order valence-electron chi connectivity index (χ4n) is 8.61. The van der Waals surface area contributed by atoms with Crippen LogP contribution in [0.1, 0.15) is 106 Å². The molecule has 0 saturated carbocycles. The molecule has 57 heavy (non-hydrogen) atoms. The van der Waals surface area contributed by atoms with Gasteiger partial charge >= 0.3 is 5.97 Å². The molecule has 1 saturated heterocycles. The SMILES string of the molecule is CC[C@H](C)[C@@H]([C@@H](CC(=O)N1CCC[C@H]1[C@H](OC)[C@@H](C)C(=O)N[C@H](C)[C@@H](O)c1ccccc1)OC)N(C)[C@H](C(=O)NC(=O)[C@H](C(C)C)N(C)CCCC(=O)O)C(C)C. The number of hydrogen-bond acceptors (Lipinski definition) is 10. The Morgan fingerprint density at radius 2 is 1.49 bits per heavy atom. The maximum Gasteiger partial charge on any atom is 0.303 e. The number of carbonyl (C=O) groups is 5. The van der Waals surface area contributed by atoms with Gasteiger partial charge in [-0.25, -0.2) is 0 Å². The number of carboxylic acid groups (broad SMARTS) is 1. The van der Waals surface area contributed by atoms with Crippen molar-refractivity contribution >= 4 is 29.6 Å². The van der Waals surface area contributed by atoms with Crippen LogP contribution in [0.25, 0.3) is 0 Å². The molecule has 14 heteroatoms. The van der Waals surface area contributed by atoms with E-state index in [9.17, 15) is 29.1 Å². The second-order valence-electron chi connectivity index (χ2n) is 16.7. The third-order valence-corrected chi connectivity index (χ3v) is 11.8. The molecule has 0 spiro atoms. The lowest BCUT2D eigenvalue weighted by molar-refractivity contribution is -0.144. The average molecular weight is 804 g/mol. The van der Waals surface area contributed by atoms with Crippen molar-refractivity contribution in [1.82, 2.24) is 25.3 Å². The number of nitrogens with zero attached hydrogens (tertiary/aromatic N) is 3. The van der Waals surface area contributed by atoms with Crippen molar-refractivity contribution in [2.75, 3.05) is 41.4 Å². The molecule has 1 aromatic rings. The topological polar surface area (TPSA) is 178 Å². The predicted octanol–water partition coefficient (Wildman–Crippen LogP) is 4.11. The summed E-state index contributed by atoms with van der Waals surface area (Å²) in [5.41, 5.74) is 0.700. The van der Waals surface area contributed by atoms with Crippen molar-refractivity contribution in [2.45, 2.75) is 142 Å². The number of hydrogen-bond donors (Lipinski definition) is 4. The van der Waals surface area contributed by atoms with Gasteiger partial charge in [-0.05, 0) is 70.1 Å². The minimum absolute atomic E-state index is 0.000624. The molecule has 0 aromatic heterocycles. The maximum atomic E-state index is 14.3. The first kappa shape index (κ1) is 49.7. The fourth-order valence-corrected chi connectivity index (χ4v) is 8.61. The van der Waals surface area contributed by atoms with Crippen LogP contribution in [-0.4, -0.2) is 138 Å². The summed E-state index contributed by atoms with van der Waals surface area (Å²) in [5.74, 6) is -3.18. The van der Waals surface area contributed by atoms with Crippen LogP contribution >= 0.6 is 0 Å². The Bertz CT molecular complexity index is 1430. The number of methoxy groups -OCH3 is 2. The number of likely N-dealkylation sites (N-methyl/N-ethyl adjacent to an activating group) is 2. The predicted molar refractivity (Wildman–Crippen MR) is 220 cm³/mol. The highest BCUT2D eigenvalue weighted by atomic mass is 16.5. The van der Waals surface area contributed by atoms with Gasteiger partial charge < -0.3 is 29.9 Å². The summed E-state index contributed by atoms with van der Waals surface area (Å²) < 4.78 is 12.0. The number of rotatable bonds is 24. The summed E-state index contributed by atoms with van der Waals surface area (Å²) in [4.78, 5) is 72.1. The molecule has 0 unspecified atom stereocenters. The maximum absolute atomic E-state index is 14.3. The Morgan fingerprint density at radius 1 is 0.895 bits per heavy atom. The summed E-state index contributed by atoms with van der Waals surface area (Å²) in [6, 6.07) is 6.50. The first-order valence-electron chi connectivity index (χ1n) is 20.7. The van der Waals surface area contributed by atoms with Crippen LogP contribution in [0.3, 0.4) is 0 Å². The van der Waals surface area contributed by atoms with Crippen LogP contribution in [-0.2, 0) is 33.4 Å². The van der Waals surface area contributed by atoms with Crippen molar-refractivity contribution in [1.29, 1.82) is 0 Å². The Labute approximate surface area is 341 Å². The molecule has 1 aromatic carbocycles. The van der Waals surface area contributed by atoms with Gasteiger partial charge in [-0.2, -0.15) is 0 Å². The lowest BCUT2D eigenvalue weighted by atomic mass is 9.87. The van der Waals surface area contributed by atoms with Crippen LogP contribution in [0.5, 0.6) is 0 Å². The molecule has 324 valence electrons. The number of ether oxygens (including phenoxy) is 2. The van der Waals surface area contributed by atoms with Crippen LogP contribution in [0.4, 0.5) is 0 Å². The van der Waals surface area contributed by atoms with Gasteiger partial charge in [0.05, 0.1) is 54.8 Å². The zero-order valence-electron chi connectivity index (χ0n) is 36.6. The molecule has 2 rings (SSSR count). The number of aliphatic hydroxyl groups is 1. The van der Waals surface area contributed by atoms with E-state index in [1.54, 1.807) is 44.9 Å².